The molecule has 1 aliphatic rings. The molecule has 120 valence electrons. The molecule has 6 heteroatoms. The van der Waals surface area contributed by atoms with Gasteiger partial charge in [0, 0.05) is 22.7 Å². The summed E-state index contributed by atoms with van der Waals surface area (Å²) in [6.07, 6.45) is 3.72. The number of ketones is 1. The van der Waals surface area contributed by atoms with E-state index >= 15 is 0 Å². The highest BCUT2D eigenvalue weighted by atomic mass is 16.6. The van der Waals surface area contributed by atoms with Crippen LogP contribution in [0.2, 0.25) is 0 Å². The maximum atomic E-state index is 12.3. The van der Waals surface area contributed by atoms with Gasteiger partial charge in [0.2, 0.25) is 11.5 Å². The van der Waals surface area contributed by atoms with E-state index in [-0.39, 0.29) is 24.8 Å². The number of aromatic amines is 1. The highest BCUT2D eigenvalue weighted by Crippen LogP contribution is 2.22. The van der Waals surface area contributed by atoms with Crippen molar-refractivity contribution < 1.29 is 23.8 Å². The van der Waals surface area contributed by atoms with Gasteiger partial charge in [-0.05, 0) is 12.0 Å². The molecule has 0 unspecified atom stereocenters. The summed E-state index contributed by atoms with van der Waals surface area (Å²) < 4.78 is 15.1. The van der Waals surface area contributed by atoms with Crippen molar-refractivity contribution >= 4 is 22.7 Å². The lowest BCUT2D eigenvalue weighted by Gasteiger charge is -2.14. The van der Waals surface area contributed by atoms with E-state index in [1.54, 1.807) is 6.20 Å². The molecule has 23 heavy (non-hydrogen) atoms. The number of esters is 1. The number of rotatable bonds is 5. The Kier molecular flexibility index (Phi) is 4.32. The maximum absolute atomic E-state index is 12.3. The van der Waals surface area contributed by atoms with Gasteiger partial charge >= 0.3 is 5.97 Å². The first-order chi connectivity index (χ1) is 11.2. The number of aromatic nitrogens is 1. The first kappa shape index (κ1) is 15.1. The third-order valence-corrected chi connectivity index (χ3v) is 3.67. The van der Waals surface area contributed by atoms with E-state index in [1.165, 1.54) is 6.26 Å². The van der Waals surface area contributed by atoms with Crippen LogP contribution in [0.25, 0.3) is 10.9 Å². The van der Waals surface area contributed by atoms with Gasteiger partial charge < -0.3 is 19.2 Å². The molecule has 0 bridgehead atoms. The number of fused-ring (bicyclic) bond motifs is 1. The Morgan fingerprint density at radius 1 is 1.30 bits per heavy atom. The van der Waals surface area contributed by atoms with Crippen LogP contribution in [0.4, 0.5) is 0 Å². The van der Waals surface area contributed by atoms with Crippen LogP contribution in [0.15, 0.2) is 36.4 Å². The highest BCUT2D eigenvalue weighted by molar-refractivity contribution is 6.09. The van der Waals surface area contributed by atoms with E-state index in [4.69, 9.17) is 14.2 Å². The largest absolute Gasteiger partial charge is 0.493 e. The predicted octanol–water partition coefficient (Wildman–Crippen LogP) is 2.34. The molecule has 1 N–H and O–H groups in total. The minimum Gasteiger partial charge on any atom is -0.493 e. The number of carbonyl (C=O) groups is 2. The lowest BCUT2D eigenvalue weighted by Crippen LogP contribution is -2.20. The van der Waals surface area contributed by atoms with E-state index in [0.29, 0.717) is 12.2 Å². The topological polar surface area (TPSA) is 77.6 Å². The second-order valence-electron chi connectivity index (χ2n) is 5.10. The molecule has 3 rings (SSSR count). The van der Waals surface area contributed by atoms with Crippen molar-refractivity contribution in [1.29, 1.82) is 0 Å². The van der Waals surface area contributed by atoms with Crippen LogP contribution in [0, 0.1) is 0 Å². The number of nitrogens with one attached hydrogen (secondary N) is 1. The minimum absolute atomic E-state index is 0.0174. The molecule has 1 aromatic carbocycles. The van der Waals surface area contributed by atoms with Gasteiger partial charge in [0.05, 0.1) is 0 Å². The van der Waals surface area contributed by atoms with Crippen molar-refractivity contribution in [3.8, 4) is 0 Å². The molecule has 1 aromatic heterocycles. The normalized spacial score (nSPS) is 13.9. The van der Waals surface area contributed by atoms with E-state index in [9.17, 15) is 9.59 Å². The first-order valence-corrected chi connectivity index (χ1v) is 7.44. The van der Waals surface area contributed by atoms with Crippen molar-refractivity contribution in [3.63, 3.8) is 0 Å². The molecule has 2 heterocycles. The average Bonchev–Trinajstić information content (AvgIpc) is 3.04. The second kappa shape index (κ2) is 6.56. The molecule has 2 aromatic rings. The molecular formula is C17H17NO5. The number of benzene rings is 1. The smallest absolute Gasteiger partial charge is 0.377 e. The molecule has 6 nitrogen and oxygen atoms in total. The molecule has 0 saturated carbocycles. The fraction of sp³-hybridized carbons (Fsp3) is 0.294. The Balaban J connectivity index is 1.71. The number of aryl methyl sites for hydroxylation is 1. The van der Waals surface area contributed by atoms with Gasteiger partial charge in [-0.25, -0.2) is 4.79 Å². The molecule has 0 fully saturated rings. The van der Waals surface area contributed by atoms with Crippen molar-refractivity contribution in [2.45, 2.75) is 13.3 Å². The Labute approximate surface area is 133 Å². The van der Waals surface area contributed by atoms with Crippen LogP contribution >= 0.6 is 0 Å². The first-order valence-electron chi connectivity index (χ1n) is 7.44. The quantitative estimate of drug-likeness (QED) is 0.677. The van der Waals surface area contributed by atoms with Gasteiger partial charge in [-0.3, -0.25) is 4.79 Å². The number of hydrogen-bond donors (Lipinski definition) is 1. The highest BCUT2D eigenvalue weighted by Gasteiger charge is 2.20. The van der Waals surface area contributed by atoms with Gasteiger partial charge in [0.25, 0.3) is 0 Å². The zero-order valence-electron chi connectivity index (χ0n) is 12.8. The molecule has 1 aliphatic heterocycles. The average molecular weight is 315 g/mol. The summed E-state index contributed by atoms with van der Waals surface area (Å²) in [5, 5.41) is 0.835. The predicted molar refractivity (Wildman–Crippen MR) is 83.0 cm³/mol. The number of hydrogen-bond acceptors (Lipinski definition) is 5. The lowest BCUT2D eigenvalue weighted by atomic mass is 10.1. The fourth-order valence-corrected chi connectivity index (χ4v) is 2.50. The Bertz CT molecular complexity index is 774. The number of carbonyl (C=O) groups excluding carboxylic acids is 2. The van der Waals surface area contributed by atoms with Crippen LogP contribution in [0.1, 0.15) is 22.8 Å². The summed E-state index contributed by atoms with van der Waals surface area (Å²) in [7, 11) is 0. The van der Waals surface area contributed by atoms with E-state index in [1.807, 2.05) is 18.2 Å². The SMILES string of the molecule is CCc1cccc2c(C(=O)COC(=O)C3=COCCO3)c[nH]c12. The second-order valence-corrected chi connectivity index (χ2v) is 5.10. The monoisotopic (exact) mass is 315 g/mol. The maximum Gasteiger partial charge on any atom is 0.377 e. The third-order valence-electron chi connectivity index (χ3n) is 3.67. The molecule has 0 aliphatic carbocycles. The molecule has 0 saturated heterocycles. The Morgan fingerprint density at radius 2 is 2.17 bits per heavy atom. The van der Waals surface area contributed by atoms with Crippen LogP contribution in [0.3, 0.4) is 0 Å². The van der Waals surface area contributed by atoms with E-state index in [0.717, 1.165) is 22.9 Å². The van der Waals surface area contributed by atoms with Crippen molar-refractivity contribution in [1.82, 2.24) is 4.98 Å². The number of ether oxygens (including phenoxy) is 3. The zero-order valence-corrected chi connectivity index (χ0v) is 12.8. The summed E-state index contributed by atoms with van der Waals surface area (Å²) in [4.78, 5) is 27.2. The van der Waals surface area contributed by atoms with Crippen LogP contribution in [-0.4, -0.2) is 36.6 Å². The van der Waals surface area contributed by atoms with E-state index < -0.39 is 5.97 Å². The summed E-state index contributed by atoms with van der Waals surface area (Å²) in [5.74, 6) is -0.987. The zero-order chi connectivity index (χ0) is 16.2. The van der Waals surface area contributed by atoms with Crippen molar-refractivity contribution in [3.05, 3.63) is 47.5 Å². The molecule has 0 amide bonds. The molecular weight excluding hydrogens is 298 g/mol. The number of para-hydroxylation sites is 1. The van der Waals surface area contributed by atoms with Gasteiger partial charge in [-0.1, -0.05) is 25.1 Å². The summed E-state index contributed by atoms with van der Waals surface area (Å²) in [6.45, 7) is 2.39. The van der Waals surface area contributed by atoms with Crippen molar-refractivity contribution in [2.24, 2.45) is 0 Å². The summed E-state index contributed by atoms with van der Waals surface area (Å²) in [5.41, 5.74) is 2.59. The third kappa shape index (κ3) is 3.06. The van der Waals surface area contributed by atoms with Crippen LogP contribution < -0.4 is 0 Å². The van der Waals surface area contributed by atoms with Crippen LogP contribution in [-0.2, 0) is 25.4 Å². The van der Waals surface area contributed by atoms with Crippen molar-refractivity contribution in [2.75, 3.05) is 19.8 Å². The standard InChI is InChI=1S/C17H17NO5/c1-2-11-4-3-5-12-13(8-18-16(11)12)14(19)9-23-17(20)15-10-21-6-7-22-15/h3-5,8,10,18H,2,6-7,9H2,1H3. The summed E-state index contributed by atoms with van der Waals surface area (Å²) >= 11 is 0. The van der Waals surface area contributed by atoms with Gasteiger partial charge in [-0.2, -0.15) is 0 Å². The van der Waals surface area contributed by atoms with E-state index in [2.05, 4.69) is 11.9 Å². The molecule has 0 spiro atoms. The molecule has 0 atom stereocenters. The van der Waals surface area contributed by atoms with Gasteiger partial charge in [0.1, 0.15) is 19.5 Å². The number of Topliss-reactive ketones (excluding diaryl/α,β-unsaturated/α-hetero) is 1. The van der Waals surface area contributed by atoms with Gasteiger partial charge in [-0.15, -0.1) is 0 Å². The minimum atomic E-state index is -0.702. The van der Waals surface area contributed by atoms with Gasteiger partial charge in [0.15, 0.2) is 6.61 Å². The summed E-state index contributed by atoms with van der Waals surface area (Å²) in [6, 6.07) is 5.80. The Hall–Kier alpha value is -2.76. The lowest BCUT2D eigenvalue weighted by molar-refractivity contribution is -0.143. The fourth-order valence-electron chi connectivity index (χ4n) is 2.50. The molecule has 0 radical (unpaired) electrons. The number of H-pyrrole nitrogens is 1. The Morgan fingerprint density at radius 3 is 2.91 bits per heavy atom. The van der Waals surface area contributed by atoms with Crippen LogP contribution in [0.5, 0.6) is 0 Å².